The second-order valence-electron chi connectivity index (χ2n) is 2.34. The van der Waals surface area contributed by atoms with Crippen LogP contribution in [0.5, 0.6) is 0 Å². The molecule has 0 fully saturated rings. The second kappa shape index (κ2) is 4.51. The quantitative estimate of drug-likeness (QED) is 0.466. The number of hydrogen-bond acceptors (Lipinski definition) is 1. The largest absolute Gasteiger partial charge is 0.179 e. The smallest absolute Gasteiger partial charge is 0.0262 e. The van der Waals surface area contributed by atoms with Crippen LogP contribution in [-0.4, -0.2) is 11.6 Å². The van der Waals surface area contributed by atoms with Gasteiger partial charge in [-0.1, -0.05) is 13.8 Å². The van der Waals surface area contributed by atoms with E-state index in [4.69, 9.17) is 11.6 Å². The Morgan fingerprint density at radius 2 is 2.00 bits per heavy atom. The van der Waals surface area contributed by atoms with Crippen LogP contribution in [0.15, 0.2) is 0 Å². The molecule has 0 aliphatic carbocycles. The highest BCUT2D eigenvalue weighted by molar-refractivity contribution is 7.80. The predicted molar refractivity (Wildman–Crippen MR) is 42.9 cm³/mol. The molecule has 0 rings (SSSR count). The molecule has 0 aromatic rings. The zero-order chi connectivity index (χ0) is 6.57. The van der Waals surface area contributed by atoms with Crippen molar-refractivity contribution < 1.29 is 0 Å². The summed E-state index contributed by atoms with van der Waals surface area (Å²) in [6.45, 7) is 4.34. The molecule has 0 nitrogen and oxygen atoms in total. The molecule has 0 heterocycles. The van der Waals surface area contributed by atoms with Crippen LogP contribution in [0.3, 0.4) is 0 Å². The van der Waals surface area contributed by atoms with Gasteiger partial charge in [0.1, 0.15) is 0 Å². The average Bonchev–Trinajstić information content (AvgIpc) is 1.69. The van der Waals surface area contributed by atoms with Crippen LogP contribution in [0.4, 0.5) is 0 Å². The number of alkyl halides is 1. The molecule has 0 aromatic heterocycles. The van der Waals surface area contributed by atoms with Crippen molar-refractivity contribution in [1.82, 2.24) is 0 Å². The van der Waals surface area contributed by atoms with Crippen molar-refractivity contribution in [2.24, 2.45) is 11.8 Å². The molecule has 1 unspecified atom stereocenters. The minimum absolute atomic E-state index is 0.583. The van der Waals surface area contributed by atoms with Crippen LogP contribution in [0.2, 0.25) is 0 Å². The van der Waals surface area contributed by atoms with Crippen molar-refractivity contribution in [3.8, 4) is 0 Å². The first kappa shape index (κ1) is 8.64. The summed E-state index contributed by atoms with van der Waals surface area (Å²) in [5, 5.41) is 0. The van der Waals surface area contributed by atoms with E-state index in [-0.39, 0.29) is 0 Å². The van der Waals surface area contributed by atoms with E-state index in [1.54, 1.807) is 0 Å². The molecule has 0 amide bonds. The molecule has 0 aliphatic heterocycles. The van der Waals surface area contributed by atoms with E-state index in [1.165, 1.54) is 0 Å². The topological polar surface area (TPSA) is 0 Å². The molecule has 0 radical (unpaired) electrons. The van der Waals surface area contributed by atoms with Gasteiger partial charge < -0.3 is 0 Å². The van der Waals surface area contributed by atoms with E-state index >= 15 is 0 Å². The summed E-state index contributed by atoms with van der Waals surface area (Å²) < 4.78 is 0. The zero-order valence-electron chi connectivity index (χ0n) is 5.39. The number of hydrogen-bond donors (Lipinski definition) is 1. The van der Waals surface area contributed by atoms with Gasteiger partial charge in [0.05, 0.1) is 0 Å². The number of halogens is 1. The number of rotatable bonds is 3. The van der Waals surface area contributed by atoms with Crippen molar-refractivity contribution in [2.75, 3.05) is 11.6 Å². The van der Waals surface area contributed by atoms with Gasteiger partial charge in [0, 0.05) is 5.88 Å². The van der Waals surface area contributed by atoms with Gasteiger partial charge in [0.15, 0.2) is 0 Å². The minimum atomic E-state index is 0.583. The summed E-state index contributed by atoms with van der Waals surface area (Å²) in [5.41, 5.74) is 0. The Balaban J connectivity index is 3.35. The first-order chi connectivity index (χ1) is 3.72. The zero-order valence-corrected chi connectivity index (χ0v) is 7.04. The molecule has 0 bridgehead atoms. The molecule has 1 atom stereocenters. The van der Waals surface area contributed by atoms with Gasteiger partial charge in [-0.05, 0) is 17.6 Å². The highest BCUT2D eigenvalue weighted by atomic mass is 35.5. The third kappa shape index (κ3) is 2.83. The summed E-state index contributed by atoms with van der Waals surface area (Å²) in [6.07, 6.45) is 0. The molecule has 8 heavy (non-hydrogen) atoms. The molecule has 0 aliphatic rings. The van der Waals surface area contributed by atoms with Gasteiger partial charge in [0.25, 0.3) is 0 Å². The van der Waals surface area contributed by atoms with Gasteiger partial charge in [0.2, 0.25) is 0 Å². The molecule has 0 spiro atoms. The summed E-state index contributed by atoms with van der Waals surface area (Å²) in [6, 6.07) is 0. The van der Waals surface area contributed by atoms with E-state index in [9.17, 15) is 0 Å². The van der Waals surface area contributed by atoms with E-state index in [0.29, 0.717) is 11.8 Å². The molecule has 50 valence electrons. The fourth-order valence-electron chi connectivity index (χ4n) is 0.438. The molecular weight excluding hydrogens is 140 g/mol. The Hall–Kier alpha value is 0.640. The van der Waals surface area contributed by atoms with E-state index in [1.807, 2.05) is 0 Å². The monoisotopic (exact) mass is 152 g/mol. The maximum Gasteiger partial charge on any atom is 0.0262 e. The maximum atomic E-state index is 5.61. The predicted octanol–water partition coefficient (Wildman–Crippen LogP) is 2.43. The Morgan fingerprint density at radius 1 is 1.50 bits per heavy atom. The lowest BCUT2D eigenvalue weighted by Crippen LogP contribution is -2.11. The molecular formula is C6H13ClS. The van der Waals surface area contributed by atoms with Crippen molar-refractivity contribution >= 4 is 24.2 Å². The highest BCUT2D eigenvalue weighted by Gasteiger charge is 2.08. The average molecular weight is 153 g/mol. The van der Waals surface area contributed by atoms with Crippen molar-refractivity contribution in [1.29, 1.82) is 0 Å². The number of thiol groups is 1. The van der Waals surface area contributed by atoms with Crippen LogP contribution < -0.4 is 0 Å². The van der Waals surface area contributed by atoms with Crippen molar-refractivity contribution in [2.45, 2.75) is 13.8 Å². The molecule has 0 saturated carbocycles. The maximum absolute atomic E-state index is 5.61. The molecule has 0 N–H and O–H groups in total. The lowest BCUT2D eigenvalue weighted by Gasteiger charge is -2.13. The normalized spacial score (nSPS) is 14.6. The first-order valence-electron chi connectivity index (χ1n) is 2.89. The summed E-state index contributed by atoms with van der Waals surface area (Å²) >= 11 is 9.76. The molecule has 0 aromatic carbocycles. The Bertz CT molecular complexity index is 50.5. The highest BCUT2D eigenvalue weighted by Crippen LogP contribution is 2.13. The second-order valence-corrected chi connectivity index (χ2v) is 3.01. The molecule has 0 saturated heterocycles. The van der Waals surface area contributed by atoms with E-state index in [0.717, 1.165) is 11.6 Å². The lowest BCUT2D eigenvalue weighted by atomic mass is 10.0. The summed E-state index contributed by atoms with van der Waals surface area (Å²) in [7, 11) is 0. The summed E-state index contributed by atoms with van der Waals surface area (Å²) in [4.78, 5) is 0. The third-order valence-electron chi connectivity index (χ3n) is 1.38. The van der Waals surface area contributed by atoms with Crippen molar-refractivity contribution in [3.05, 3.63) is 0 Å². The fourth-order valence-corrected chi connectivity index (χ4v) is 1.61. The van der Waals surface area contributed by atoms with Crippen LogP contribution in [0.1, 0.15) is 13.8 Å². The van der Waals surface area contributed by atoms with Crippen LogP contribution in [-0.2, 0) is 0 Å². The van der Waals surface area contributed by atoms with E-state index in [2.05, 4.69) is 26.5 Å². The van der Waals surface area contributed by atoms with E-state index < -0.39 is 0 Å². The Morgan fingerprint density at radius 3 is 2.00 bits per heavy atom. The van der Waals surface area contributed by atoms with Gasteiger partial charge in [-0.15, -0.1) is 11.6 Å². The van der Waals surface area contributed by atoms with Gasteiger partial charge in [-0.25, -0.2) is 0 Å². The van der Waals surface area contributed by atoms with Gasteiger partial charge >= 0.3 is 0 Å². The van der Waals surface area contributed by atoms with Crippen LogP contribution >= 0.6 is 24.2 Å². The third-order valence-corrected chi connectivity index (χ3v) is 2.24. The van der Waals surface area contributed by atoms with Crippen molar-refractivity contribution in [3.63, 3.8) is 0 Å². The Labute approximate surface area is 62.0 Å². The minimum Gasteiger partial charge on any atom is -0.179 e. The fraction of sp³-hybridized carbons (Fsp3) is 1.00. The van der Waals surface area contributed by atoms with Gasteiger partial charge in [-0.3, -0.25) is 0 Å². The molecule has 2 heteroatoms. The first-order valence-corrected chi connectivity index (χ1v) is 4.05. The van der Waals surface area contributed by atoms with Crippen LogP contribution in [0, 0.1) is 11.8 Å². The Kier molecular flexibility index (Phi) is 4.87. The SMILES string of the molecule is CC(C)C(CS)CCl. The standard InChI is InChI=1S/C6H13ClS/c1-5(2)6(3-7)4-8/h5-6,8H,3-4H2,1-2H3. The summed E-state index contributed by atoms with van der Waals surface area (Å²) in [5.74, 6) is 2.90. The van der Waals surface area contributed by atoms with Crippen LogP contribution in [0.25, 0.3) is 0 Å². The lowest BCUT2D eigenvalue weighted by molar-refractivity contribution is 0.470. The van der Waals surface area contributed by atoms with Gasteiger partial charge in [-0.2, -0.15) is 12.6 Å².